The molecular weight excluding hydrogens is 436 g/mol. The van der Waals surface area contributed by atoms with Gasteiger partial charge in [-0.3, -0.25) is 4.79 Å². The van der Waals surface area contributed by atoms with E-state index < -0.39 is 0 Å². The molecule has 6 heteroatoms. The van der Waals surface area contributed by atoms with E-state index in [2.05, 4.69) is 34.6 Å². The lowest BCUT2D eigenvalue weighted by Gasteiger charge is -2.10. The van der Waals surface area contributed by atoms with E-state index in [-0.39, 0.29) is 5.91 Å². The second-order valence-electron chi connectivity index (χ2n) is 8.42. The highest BCUT2D eigenvalue weighted by Crippen LogP contribution is 2.24. The van der Waals surface area contributed by atoms with Gasteiger partial charge in [-0.15, -0.1) is 10.2 Å². The van der Waals surface area contributed by atoms with E-state index in [0.717, 1.165) is 28.8 Å². The first-order valence-corrected chi connectivity index (χ1v) is 11.6. The third-order valence-corrected chi connectivity index (χ3v) is 5.89. The Balaban J connectivity index is 1.33. The Morgan fingerprint density at radius 2 is 1.60 bits per heavy atom. The molecule has 0 unspecified atom stereocenters. The molecule has 0 spiro atoms. The van der Waals surface area contributed by atoms with E-state index in [1.165, 1.54) is 5.56 Å². The van der Waals surface area contributed by atoms with Gasteiger partial charge in [0.25, 0.3) is 5.91 Å². The highest BCUT2D eigenvalue weighted by atomic mass is 16.5. The Bertz CT molecular complexity index is 1470. The minimum Gasteiger partial charge on any atom is -0.489 e. The van der Waals surface area contributed by atoms with E-state index in [1.54, 1.807) is 16.9 Å². The number of amides is 1. The number of nitrogens with one attached hydrogen (secondary N) is 1. The molecule has 1 N–H and O–H groups in total. The Hall–Kier alpha value is -4.45. The van der Waals surface area contributed by atoms with Crippen molar-refractivity contribution < 1.29 is 9.53 Å². The number of aryl methyl sites for hydroxylation is 2. The van der Waals surface area contributed by atoms with Gasteiger partial charge in [-0.25, -0.2) is 0 Å². The molecule has 0 bridgehead atoms. The summed E-state index contributed by atoms with van der Waals surface area (Å²) in [5.41, 5.74) is 6.86. The largest absolute Gasteiger partial charge is 0.489 e. The maximum Gasteiger partial charge on any atom is 0.255 e. The average Bonchev–Trinajstić information content (AvgIpc) is 3.31. The highest BCUT2D eigenvalue weighted by Gasteiger charge is 2.13. The van der Waals surface area contributed by atoms with Crippen LogP contribution in [0.3, 0.4) is 0 Å². The van der Waals surface area contributed by atoms with Gasteiger partial charge < -0.3 is 10.1 Å². The van der Waals surface area contributed by atoms with Crippen molar-refractivity contribution in [2.45, 2.75) is 26.9 Å². The van der Waals surface area contributed by atoms with Gasteiger partial charge in [0.1, 0.15) is 23.4 Å². The quantitative estimate of drug-likeness (QED) is 0.316. The number of carbonyl (C=O) groups is 1. The van der Waals surface area contributed by atoms with Gasteiger partial charge in [0.05, 0.1) is 5.69 Å². The van der Waals surface area contributed by atoms with E-state index in [9.17, 15) is 4.79 Å². The second kappa shape index (κ2) is 9.81. The van der Waals surface area contributed by atoms with Crippen molar-refractivity contribution in [2.75, 3.05) is 5.32 Å². The summed E-state index contributed by atoms with van der Waals surface area (Å²) in [6.45, 7) is 4.52. The first-order valence-electron chi connectivity index (χ1n) is 11.6. The van der Waals surface area contributed by atoms with Crippen molar-refractivity contribution in [1.82, 2.24) is 15.0 Å². The third-order valence-electron chi connectivity index (χ3n) is 5.89. The van der Waals surface area contributed by atoms with Crippen LogP contribution in [0.25, 0.3) is 16.7 Å². The summed E-state index contributed by atoms with van der Waals surface area (Å²) in [4.78, 5) is 14.6. The molecule has 1 aromatic heterocycles. The molecule has 0 saturated carbocycles. The van der Waals surface area contributed by atoms with Crippen LogP contribution in [0, 0.1) is 6.92 Å². The van der Waals surface area contributed by atoms with E-state index in [0.29, 0.717) is 29.1 Å². The SMILES string of the molecule is CCc1ccc(-n2nc3cc(C)c(NC(=O)c4cccc(OCc5ccccc5)c4)cc3n2)cc1. The lowest BCUT2D eigenvalue weighted by molar-refractivity contribution is 0.102. The number of aromatic nitrogens is 3. The van der Waals surface area contributed by atoms with Crippen LogP contribution in [0.4, 0.5) is 5.69 Å². The molecule has 0 atom stereocenters. The number of hydrogen-bond donors (Lipinski definition) is 1. The molecule has 1 amide bonds. The topological polar surface area (TPSA) is 69.0 Å². The zero-order valence-corrected chi connectivity index (χ0v) is 19.7. The van der Waals surface area contributed by atoms with Crippen molar-refractivity contribution in [3.63, 3.8) is 0 Å². The summed E-state index contributed by atoms with van der Waals surface area (Å²) in [5.74, 6) is 0.436. The summed E-state index contributed by atoms with van der Waals surface area (Å²) in [6, 6.07) is 29.1. The number of anilines is 1. The molecule has 0 saturated heterocycles. The monoisotopic (exact) mass is 462 g/mol. The van der Waals surface area contributed by atoms with Crippen LogP contribution in [0.1, 0.15) is 34.0 Å². The van der Waals surface area contributed by atoms with Crippen LogP contribution in [0.2, 0.25) is 0 Å². The fraction of sp³-hybridized carbons (Fsp3) is 0.138. The number of fused-ring (bicyclic) bond motifs is 1. The first kappa shape index (κ1) is 22.3. The summed E-state index contributed by atoms with van der Waals surface area (Å²) in [5, 5.41) is 12.2. The zero-order valence-electron chi connectivity index (χ0n) is 19.7. The zero-order chi connectivity index (χ0) is 24.2. The number of hydrogen-bond acceptors (Lipinski definition) is 4. The third kappa shape index (κ3) is 5.06. The van der Waals surface area contributed by atoms with Gasteiger partial charge in [-0.1, -0.05) is 55.5 Å². The van der Waals surface area contributed by atoms with Crippen molar-refractivity contribution in [2.24, 2.45) is 0 Å². The lowest BCUT2D eigenvalue weighted by atomic mass is 10.1. The van der Waals surface area contributed by atoms with E-state index in [1.807, 2.05) is 73.7 Å². The molecule has 174 valence electrons. The highest BCUT2D eigenvalue weighted by molar-refractivity contribution is 6.05. The smallest absolute Gasteiger partial charge is 0.255 e. The predicted molar refractivity (Wildman–Crippen MR) is 138 cm³/mol. The summed E-state index contributed by atoms with van der Waals surface area (Å²) < 4.78 is 5.87. The molecule has 0 fully saturated rings. The molecular formula is C29H26N4O2. The van der Waals surface area contributed by atoms with Gasteiger partial charge in [-0.05, 0) is 72.5 Å². The Morgan fingerprint density at radius 3 is 2.34 bits per heavy atom. The Kier molecular flexibility index (Phi) is 6.26. The molecule has 6 nitrogen and oxygen atoms in total. The number of carbonyl (C=O) groups excluding carboxylic acids is 1. The lowest BCUT2D eigenvalue weighted by Crippen LogP contribution is -2.13. The number of benzene rings is 4. The second-order valence-corrected chi connectivity index (χ2v) is 8.42. The van der Waals surface area contributed by atoms with Gasteiger partial charge in [-0.2, -0.15) is 4.80 Å². The van der Waals surface area contributed by atoms with Gasteiger partial charge >= 0.3 is 0 Å². The Labute approximate surface area is 204 Å². The molecule has 5 aromatic rings. The predicted octanol–water partition coefficient (Wildman–Crippen LogP) is 6.12. The minimum absolute atomic E-state index is 0.208. The number of rotatable bonds is 7. The summed E-state index contributed by atoms with van der Waals surface area (Å²) in [6.07, 6.45) is 0.985. The van der Waals surface area contributed by atoms with E-state index in [4.69, 9.17) is 4.74 Å². The normalized spacial score (nSPS) is 10.9. The van der Waals surface area contributed by atoms with Crippen molar-refractivity contribution in [1.29, 1.82) is 0 Å². The standard InChI is InChI=1S/C29H26N4O2/c1-3-21-12-14-24(15-13-21)33-31-27-16-20(2)26(18-28(27)32-33)30-29(34)23-10-7-11-25(17-23)35-19-22-8-5-4-6-9-22/h4-18H,3,19H2,1-2H3,(H,30,34). The summed E-state index contributed by atoms with van der Waals surface area (Å²) >= 11 is 0. The summed E-state index contributed by atoms with van der Waals surface area (Å²) in [7, 11) is 0. The number of nitrogens with zero attached hydrogens (tertiary/aromatic N) is 3. The molecule has 1 heterocycles. The maximum atomic E-state index is 13.0. The minimum atomic E-state index is -0.208. The maximum absolute atomic E-state index is 13.0. The van der Waals surface area contributed by atoms with Crippen molar-refractivity contribution >= 4 is 22.6 Å². The number of ether oxygens (including phenoxy) is 1. The van der Waals surface area contributed by atoms with E-state index >= 15 is 0 Å². The molecule has 5 rings (SSSR count). The Morgan fingerprint density at radius 1 is 0.857 bits per heavy atom. The van der Waals surface area contributed by atoms with Crippen LogP contribution < -0.4 is 10.1 Å². The molecule has 0 aliphatic carbocycles. The molecule has 4 aromatic carbocycles. The fourth-order valence-corrected chi connectivity index (χ4v) is 3.85. The van der Waals surface area contributed by atoms with Crippen LogP contribution in [-0.2, 0) is 13.0 Å². The van der Waals surface area contributed by atoms with Gasteiger partial charge in [0, 0.05) is 11.3 Å². The van der Waals surface area contributed by atoms with Crippen LogP contribution in [0.15, 0.2) is 91.0 Å². The molecule has 0 aliphatic rings. The average molecular weight is 463 g/mol. The molecule has 0 aliphatic heterocycles. The first-order chi connectivity index (χ1) is 17.1. The molecule has 35 heavy (non-hydrogen) atoms. The van der Waals surface area contributed by atoms with Gasteiger partial charge in [0.2, 0.25) is 0 Å². The van der Waals surface area contributed by atoms with Crippen LogP contribution in [0.5, 0.6) is 5.75 Å². The molecule has 0 radical (unpaired) electrons. The van der Waals surface area contributed by atoms with Crippen molar-refractivity contribution in [3.05, 3.63) is 113 Å². The fourth-order valence-electron chi connectivity index (χ4n) is 3.85. The van der Waals surface area contributed by atoms with Crippen LogP contribution >= 0.6 is 0 Å². The van der Waals surface area contributed by atoms with Crippen LogP contribution in [-0.4, -0.2) is 20.9 Å². The van der Waals surface area contributed by atoms with Crippen molar-refractivity contribution in [3.8, 4) is 11.4 Å². The van der Waals surface area contributed by atoms with Gasteiger partial charge in [0.15, 0.2) is 0 Å².